The molecule has 0 saturated carbocycles. The van der Waals surface area contributed by atoms with E-state index < -0.39 is 0 Å². The normalized spacial score (nSPS) is 25.6. The summed E-state index contributed by atoms with van der Waals surface area (Å²) in [6, 6.07) is 2.17. The van der Waals surface area contributed by atoms with Crippen LogP contribution in [0.3, 0.4) is 0 Å². The first-order valence-electron chi connectivity index (χ1n) is 8.74. The molecule has 1 aromatic rings. The number of rotatable bonds is 4. The van der Waals surface area contributed by atoms with Crippen molar-refractivity contribution >= 4 is 17.7 Å². The van der Waals surface area contributed by atoms with Gasteiger partial charge in [-0.3, -0.25) is 19.1 Å². The van der Waals surface area contributed by atoms with Crippen LogP contribution in [0.2, 0.25) is 0 Å². The van der Waals surface area contributed by atoms with Crippen molar-refractivity contribution in [2.75, 3.05) is 19.6 Å². The van der Waals surface area contributed by atoms with Gasteiger partial charge in [0.05, 0.1) is 19.1 Å². The molecule has 1 N–H and O–H groups in total. The summed E-state index contributed by atoms with van der Waals surface area (Å²) in [5.74, 6) is 0.104. The fourth-order valence-electron chi connectivity index (χ4n) is 4.17. The average molecular weight is 347 g/mol. The van der Waals surface area contributed by atoms with Gasteiger partial charge in [0.25, 0.3) is 0 Å². The highest BCUT2D eigenvalue weighted by Crippen LogP contribution is 2.36. The van der Waals surface area contributed by atoms with Crippen molar-refractivity contribution in [1.82, 2.24) is 24.9 Å². The Kier molecular flexibility index (Phi) is 5.06. The highest BCUT2D eigenvalue weighted by Gasteiger charge is 2.45. The van der Waals surface area contributed by atoms with E-state index in [2.05, 4.69) is 10.4 Å². The van der Waals surface area contributed by atoms with Crippen LogP contribution in [-0.2, 0) is 20.9 Å². The van der Waals surface area contributed by atoms with E-state index in [1.54, 1.807) is 13.1 Å². The van der Waals surface area contributed by atoms with Gasteiger partial charge in [-0.15, -0.1) is 0 Å². The quantitative estimate of drug-likeness (QED) is 0.821. The van der Waals surface area contributed by atoms with Gasteiger partial charge in [0, 0.05) is 45.4 Å². The van der Waals surface area contributed by atoms with E-state index in [0.29, 0.717) is 19.6 Å². The smallest absolute Gasteiger partial charge is 0.241 e. The molecule has 3 rings (SSSR count). The van der Waals surface area contributed by atoms with Gasteiger partial charge in [-0.1, -0.05) is 0 Å². The molecule has 0 bridgehead atoms. The van der Waals surface area contributed by atoms with Crippen molar-refractivity contribution < 1.29 is 14.4 Å². The second-order valence-electron chi connectivity index (χ2n) is 6.91. The highest BCUT2D eigenvalue weighted by atomic mass is 16.2. The Hall–Kier alpha value is -2.38. The van der Waals surface area contributed by atoms with Gasteiger partial charge in [0.2, 0.25) is 17.7 Å². The summed E-state index contributed by atoms with van der Waals surface area (Å²) in [5, 5.41) is 6.81. The van der Waals surface area contributed by atoms with E-state index in [9.17, 15) is 14.4 Å². The van der Waals surface area contributed by atoms with Gasteiger partial charge < -0.3 is 15.1 Å². The third-order valence-electron chi connectivity index (χ3n) is 5.18. The fraction of sp³-hybridized carbons (Fsp3) is 0.647. The summed E-state index contributed by atoms with van der Waals surface area (Å²) in [4.78, 5) is 39.3. The number of carbonyl (C=O) groups is 3. The first-order chi connectivity index (χ1) is 12.0. The molecule has 0 aromatic carbocycles. The predicted molar refractivity (Wildman–Crippen MR) is 90.3 cm³/mol. The second-order valence-corrected chi connectivity index (χ2v) is 6.91. The van der Waals surface area contributed by atoms with Gasteiger partial charge in [0.15, 0.2) is 0 Å². The Balaban J connectivity index is 1.65. The van der Waals surface area contributed by atoms with Crippen molar-refractivity contribution in [3.05, 3.63) is 18.5 Å². The minimum absolute atomic E-state index is 0.0415. The van der Waals surface area contributed by atoms with Crippen molar-refractivity contribution in [2.24, 2.45) is 5.92 Å². The molecule has 136 valence electrons. The van der Waals surface area contributed by atoms with Crippen molar-refractivity contribution in [3.8, 4) is 0 Å². The maximum absolute atomic E-state index is 12.3. The minimum Gasteiger partial charge on any atom is -0.347 e. The van der Waals surface area contributed by atoms with E-state index in [4.69, 9.17) is 0 Å². The molecule has 25 heavy (non-hydrogen) atoms. The summed E-state index contributed by atoms with van der Waals surface area (Å²) >= 11 is 0. The molecule has 2 fully saturated rings. The summed E-state index contributed by atoms with van der Waals surface area (Å²) in [6.07, 6.45) is 5.30. The maximum atomic E-state index is 12.3. The predicted octanol–water partition coefficient (Wildman–Crippen LogP) is -0.143. The van der Waals surface area contributed by atoms with Crippen LogP contribution in [0.4, 0.5) is 0 Å². The first-order valence-corrected chi connectivity index (χ1v) is 8.74. The Morgan fingerprint density at radius 3 is 2.72 bits per heavy atom. The van der Waals surface area contributed by atoms with Crippen LogP contribution in [0.15, 0.2) is 18.5 Å². The molecule has 0 aliphatic carbocycles. The number of fused-ring (bicyclic) bond motifs is 1. The van der Waals surface area contributed by atoms with E-state index in [-0.39, 0.29) is 42.3 Å². The molecule has 2 aliphatic heterocycles. The number of piperidine rings is 1. The molecule has 2 saturated heterocycles. The number of likely N-dealkylation sites (tertiary alicyclic amines) is 2. The Morgan fingerprint density at radius 1 is 1.28 bits per heavy atom. The van der Waals surface area contributed by atoms with Crippen LogP contribution in [0.1, 0.15) is 26.7 Å². The van der Waals surface area contributed by atoms with Gasteiger partial charge in [0.1, 0.15) is 0 Å². The van der Waals surface area contributed by atoms with Gasteiger partial charge in [-0.25, -0.2) is 0 Å². The van der Waals surface area contributed by atoms with Crippen LogP contribution in [0.25, 0.3) is 0 Å². The van der Waals surface area contributed by atoms with E-state index in [1.165, 1.54) is 6.92 Å². The van der Waals surface area contributed by atoms with Crippen LogP contribution >= 0.6 is 0 Å². The monoisotopic (exact) mass is 347 g/mol. The number of carbonyl (C=O) groups excluding carboxylic acids is 3. The van der Waals surface area contributed by atoms with Crippen LogP contribution < -0.4 is 5.32 Å². The van der Waals surface area contributed by atoms with E-state index in [1.807, 2.05) is 26.7 Å². The highest BCUT2D eigenvalue weighted by molar-refractivity contribution is 5.83. The molecular formula is C17H25N5O3. The van der Waals surface area contributed by atoms with Crippen molar-refractivity contribution in [3.63, 3.8) is 0 Å². The molecule has 2 aliphatic rings. The Morgan fingerprint density at radius 2 is 2.08 bits per heavy atom. The molecule has 3 heterocycles. The lowest BCUT2D eigenvalue weighted by atomic mass is 9.92. The number of amides is 3. The van der Waals surface area contributed by atoms with Gasteiger partial charge in [-0.2, -0.15) is 5.10 Å². The molecule has 8 heteroatoms. The molecule has 3 atom stereocenters. The standard InChI is InChI=1S/C17H25N5O3/c1-12(23)18-9-17(25)20-7-4-16-14(10-20)8-15(22(16)13(2)24)11-21-6-3-5-19-21/h3,5-6,14-16H,4,7-11H2,1-2H3,(H,18,23)/t14-,15+,16+/m1/s1. The van der Waals surface area contributed by atoms with Crippen LogP contribution in [0, 0.1) is 5.92 Å². The third-order valence-corrected chi connectivity index (χ3v) is 5.18. The first kappa shape index (κ1) is 17.4. The van der Waals surface area contributed by atoms with E-state index >= 15 is 0 Å². The summed E-state index contributed by atoms with van der Waals surface area (Å²) in [7, 11) is 0. The largest absolute Gasteiger partial charge is 0.347 e. The van der Waals surface area contributed by atoms with Crippen molar-refractivity contribution in [2.45, 2.75) is 45.3 Å². The number of hydrogen-bond donors (Lipinski definition) is 1. The number of aromatic nitrogens is 2. The molecule has 0 radical (unpaired) electrons. The third kappa shape index (κ3) is 3.83. The zero-order valence-electron chi connectivity index (χ0n) is 14.7. The lowest BCUT2D eigenvalue weighted by molar-refractivity contribution is -0.136. The molecule has 1 aromatic heterocycles. The summed E-state index contributed by atoms with van der Waals surface area (Å²) < 4.78 is 1.86. The Labute approximate surface area is 147 Å². The average Bonchev–Trinajstić information content (AvgIpc) is 3.18. The molecule has 0 unspecified atom stereocenters. The molecule has 8 nitrogen and oxygen atoms in total. The van der Waals surface area contributed by atoms with Crippen molar-refractivity contribution in [1.29, 1.82) is 0 Å². The van der Waals surface area contributed by atoms with Gasteiger partial charge >= 0.3 is 0 Å². The minimum atomic E-state index is -0.203. The summed E-state index contributed by atoms with van der Waals surface area (Å²) in [6.45, 7) is 5.01. The summed E-state index contributed by atoms with van der Waals surface area (Å²) in [5.41, 5.74) is 0. The number of nitrogens with one attached hydrogen (secondary N) is 1. The maximum Gasteiger partial charge on any atom is 0.241 e. The zero-order chi connectivity index (χ0) is 18.0. The van der Waals surface area contributed by atoms with E-state index in [0.717, 1.165) is 12.8 Å². The molecular weight excluding hydrogens is 322 g/mol. The SMILES string of the molecule is CC(=O)NCC(=O)N1CC[C@H]2[C@H](C[C@@H](Cn3cccn3)N2C(C)=O)C1. The number of hydrogen-bond acceptors (Lipinski definition) is 4. The molecule has 0 spiro atoms. The van der Waals surface area contributed by atoms with Crippen LogP contribution in [0.5, 0.6) is 0 Å². The Bertz CT molecular complexity index is 645. The number of nitrogens with zero attached hydrogens (tertiary/aromatic N) is 4. The second kappa shape index (κ2) is 7.25. The topological polar surface area (TPSA) is 87.5 Å². The zero-order valence-corrected chi connectivity index (χ0v) is 14.7. The fourth-order valence-corrected chi connectivity index (χ4v) is 4.17. The van der Waals surface area contributed by atoms with Crippen LogP contribution in [-0.4, -0.2) is 69.0 Å². The molecule has 3 amide bonds. The lowest BCUT2D eigenvalue weighted by Crippen LogP contribution is -2.51. The lowest BCUT2D eigenvalue weighted by Gasteiger charge is -2.38. The van der Waals surface area contributed by atoms with Gasteiger partial charge in [-0.05, 0) is 24.8 Å².